The highest BCUT2D eigenvalue weighted by Gasteiger charge is 2.25. The molecule has 6 N–H and O–H groups in total. The van der Waals surface area contributed by atoms with Crippen LogP contribution in [0, 0.1) is 0 Å². The Morgan fingerprint density at radius 3 is 1.71 bits per heavy atom. The van der Waals surface area contributed by atoms with Crippen molar-refractivity contribution in [2.75, 3.05) is 36.1 Å². The van der Waals surface area contributed by atoms with Crippen LogP contribution in [0.1, 0.15) is 0 Å². The van der Waals surface area contributed by atoms with Gasteiger partial charge in [-0.25, -0.2) is 0 Å². The molecule has 0 aromatic carbocycles. The Hall–Kier alpha value is 0.180. The number of carbonyl (C=O) groups is 2. The summed E-state index contributed by atoms with van der Waals surface area (Å²) in [5.41, 5.74) is 11.0. The van der Waals surface area contributed by atoms with Gasteiger partial charge in [0, 0.05) is 36.1 Å². The van der Waals surface area contributed by atoms with Crippen LogP contribution in [0.15, 0.2) is 0 Å². The molecule has 4 atom stereocenters. The van der Waals surface area contributed by atoms with Gasteiger partial charge in [-0.05, 0) is 0 Å². The molecule has 0 spiro atoms. The minimum absolute atomic E-state index is 0.300. The van der Waals surface area contributed by atoms with E-state index in [1.807, 2.05) is 0 Å². The number of nitrogens with one attached hydrogen (secondary N) is 2. The number of hydrogen-bond acceptors (Lipinski definition) is 12. The van der Waals surface area contributed by atoms with Gasteiger partial charge in [0.25, 0.3) is 0 Å². The van der Waals surface area contributed by atoms with Crippen LogP contribution in [0.5, 0.6) is 0 Å². The second-order valence-electron chi connectivity index (χ2n) is 4.97. The number of thioether (sulfide) groups is 2. The molecule has 0 radical (unpaired) electrons. The van der Waals surface area contributed by atoms with E-state index < -0.39 is 24.0 Å². The molecule has 138 valence electrons. The lowest BCUT2D eigenvalue weighted by atomic mass is 10.4. The largest absolute Gasteiger partial charge is 0.436 e. The summed E-state index contributed by atoms with van der Waals surface area (Å²) in [6.07, 6.45) is 0. The molecule has 2 aliphatic heterocycles. The molecular weight excluding hydrogens is 392 g/mol. The van der Waals surface area contributed by atoms with Gasteiger partial charge in [-0.1, -0.05) is 21.6 Å². The van der Waals surface area contributed by atoms with Gasteiger partial charge in [0.1, 0.15) is 12.1 Å². The summed E-state index contributed by atoms with van der Waals surface area (Å²) in [5, 5.41) is 6.09. The summed E-state index contributed by atoms with van der Waals surface area (Å²) < 4.78 is 10.4. The van der Waals surface area contributed by atoms with E-state index in [1.165, 1.54) is 45.1 Å². The van der Waals surface area contributed by atoms with E-state index in [0.717, 1.165) is 24.6 Å². The molecule has 2 aliphatic rings. The van der Waals surface area contributed by atoms with Crippen LogP contribution in [0.3, 0.4) is 0 Å². The van der Waals surface area contributed by atoms with Crippen LogP contribution in [-0.2, 0) is 19.1 Å². The molecule has 0 bridgehead atoms. The minimum atomic E-state index is -0.701. The Morgan fingerprint density at radius 2 is 1.38 bits per heavy atom. The third-order valence-electron chi connectivity index (χ3n) is 3.00. The van der Waals surface area contributed by atoms with Gasteiger partial charge < -0.3 is 20.9 Å². The Kier molecular flexibility index (Phi) is 9.40. The second kappa shape index (κ2) is 11.0. The lowest BCUT2D eigenvalue weighted by molar-refractivity contribution is -0.147. The molecule has 24 heavy (non-hydrogen) atoms. The van der Waals surface area contributed by atoms with Gasteiger partial charge in [0.05, 0.1) is 0 Å². The maximum Gasteiger partial charge on any atom is 0.326 e. The summed E-state index contributed by atoms with van der Waals surface area (Å²) in [6, 6.07) is -1.40. The Bertz CT molecular complexity index is 384. The van der Waals surface area contributed by atoms with Crippen molar-refractivity contribution in [1.82, 2.24) is 10.6 Å². The molecular formula is C12H22N4O4S4. The van der Waals surface area contributed by atoms with E-state index in [4.69, 9.17) is 20.9 Å². The van der Waals surface area contributed by atoms with E-state index >= 15 is 0 Å². The predicted octanol–water partition coefficient (Wildman–Crippen LogP) is -0.651. The predicted molar refractivity (Wildman–Crippen MR) is 102 cm³/mol. The molecule has 0 aromatic heterocycles. The summed E-state index contributed by atoms with van der Waals surface area (Å²) in [4.78, 5) is 23.6. The molecule has 8 nitrogen and oxygen atoms in total. The topological polar surface area (TPSA) is 129 Å². The zero-order chi connectivity index (χ0) is 17.4. The van der Waals surface area contributed by atoms with Crippen molar-refractivity contribution in [1.29, 1.82) is 0 Å². The fourth-order valence-corrected chi connectivity index (χ4v) is 5.63. The van der Waals surface area contributed by atoms with Gasteiger partial charge in [-0.15, -0.1) is 23.5 Å². The van der Waals surface area contributed by atoms with Crippen LogP contribution in [0.4, 0.5) is 0 Å². The molecule has 2 saturated heterocycles. The van der Waals surface area contributed by atoms with E-state index in [-0.39, 0.29) is 11.1 Å². The quantitative estimate of drug-likeness (QED) is 0.217. The highest BCUT2D eigenvalue weighted by atomic mass is 33.1. The first-order valence-corrected chi connectivity index (χ1v) is 12.0. The zero-order valence-corrected chi connectivity index (χ0v) is 16.2. The normalized spacial score (nSPS) is 26.1. The van der Waals surface area contributed by atoms with Crippen molar-refractivity contribution < 1.29 is 19.1 Å². The van der Waals surface area contributed by atoms with E-state index in [2.05, 4.69) is 10.6 Å². The first-order valence-electron chi connectivity index (χ1n) is 7.43. The summed E-state index contributed by atoms with van der Waals surface area (Å²) in [6.45, 7) is 1.65. The lowest BCUT2D eigenvalue weighted by Gasteiger charge is -2.16. The number of ether oxygens (including phenoxy) is 2. The van der Waals surface area contributed by atoms with Crippen LogP contribution in [0.25, 0.3) is 0 Å². The van der Waals surface area contributed by atoms with Crippen molar-refractivity contribution in [3.05, 3.63) is 0 Å². The lowest BCUT2D eigenvalue weighted by Crippen LogP contribution is -2.39. The summed E-state index contributed by atoms with van der Waals surface area (Å²) >= 11 is 3.08. The van der Waals surface area contributed by atoms with Crippen molar-refractivity contribution in [3.63, 3.8) is 0 Å². The van der Waals surface area contributed by atoms with Crippen molar-refractivity contribution in [2.24, 2.45) is 11.5 Å². The van der Waals surface area contributed by atoms with Gasteiger partial charge in [0.15, 0.2) is 0 Å². The molecule has 0 aliphatic carbocycles. The first-order chi connectivity index (χ1) is 11.6. The third kappa shape index (κ3) is 7.20. The van der Waals surface area contributed by atoms with Gasteiger partial charge in [0.2, 0.25) is 11.1 Å². The second-order valence-corrected chi connectivity index (χ2v) is 9.86. The van der Waals surface area contributed by atoms with E-state index in [1.54, 1.807) is 0 Å². The fourth-order valence-electron chi connectivity index (χ4n) is 1.72. The molecule has 0 saturated carbocycles. The third-order valence-corrected chi connectivity index (χ3v) is 7.48. The Morgan fingerprint density at radius 1 is 0.958 bits per heavy atom. The number of rotatable bonds is 9. The van der Waals surface area contributed by atoms with E-state index in [9.17, 15) is 9.59 Å². The Balaban J connectivity index is 1.54. The van der Waals surface area contributed by atoms with Gasteiger partial charge >= 0.3 is 11.9 Å². The molecule has 0 amide bonds. The van der Waals surface area contributed by atoms with Crippen LogP contribution < -0.4 is 22.1 Å². The maximum atomic E-state index is 11.8. The molecule has 2 fully saturated rings. The van der Waals surface area contributed by atoms with Crippen molar-refractivity contribution in [2.45, 2.75) is 23.2 Å². The van der Waals surface area contributed by atoms with Crippen LogP contribution in [0.2, 0.25) is 0 Å². The SMILES string of the molecule is N[C@@H](CSSC[C@H](N)C(=O)OC1NCCS1)C(=O)OC1NCCS1. The smallest absolute Gasteiger partial charge is 0.326 e. The van der Waals surface area contributed by atoms with Crippen molar-refractivity contribution in [3.8, 4) is 0 Å². The molecule has 12 heteroatoms. The number of carbonyl (C=O) groups excluding carboxylic acids is 2. The Labute approximate surface area is 157 Å². The van der Waals surface area contributed by atoms with Crippen molar-refractivity contribution >= 4 is 57.1 Å². The number of nitrogens with two attached hydrogens (primary N) is 2. The summed E-state index contributed by atoms with van der Waals surface area (Å²) in [5.74, 6) is 1.76. The minimum Gasteiger partial charge on any atom is -0.436 e. The highest BCUT2D eigenvalue weighted by molar-refractivity contribution is 8.76. The molecule has 2 unspecified atom stereocenters. The summed E-state index contributed by atoms with van der Waals surface area (Å²) in [7, 11) is 2.78. The average Bonchev–Trinajstić information content (AvgIpc) is 3.24. The maximum absolute atomic E-state index is 11.8. The molecule has 2 heterocycles. The number of esters is 2. The van der Waals surface area contributed by atoms with Crippen LogP contribution in [-0.4, -0.2) is 71.2 Å². The first kappa shape index (κ1) is 20.5. The fraction of sp³-hybridized carbons (Fsp3) is 0.833. The standard InChI is InChI=1S/C12H22N4O4S4/c13-7(9(17)19-11-15-1-3-21-11)5-23-24-6-8(14)10(18)20-12-16-2-4-22-12/h7-8,11-12,15-16H,1-6,13-14H2/t7-,8-,11?,12?/m0/s1. The molecule has 0 aromatic rings. The highest BCUT2D eigenvalue weighted by Crippen LogP contribution is 2.24. The number of hydrogen-bond donors (Lipinski definition) is 4. The van der Waals surface area contributed by atoms with Gasteiger partial charge in [-0.3, -0.25) is 20.2 Å². The monoisotopic (exact) mass is 414 g/mol. The van der Waals surface area contributed by atoms with E-state index in [0.29, 0.717) is 11.5 Å². The average molecular weight is 415 g/mol. The van der Waals surface area contributed by atoms with Crippen LogP contribution >= 0.6 is 45.1 Å². The molecule has 2 rings (SSSR count). The zero-order valence-electron chi connectivity index (χ0n) is 13.0. The van der Waals surface area contributed by atoms with Gasteiger partial charge in [-0.2, -0.15) is 0 Å².